The normalized spacial score (nSPS) is 12.6. The number of benzene rings is 3. The van der Waals surface area contributed by atoms with Crippen molar-refractivity contribution in [3.63, 3.8) is 0 Å². The number of methoxy groups -OCH3 is 1. The molecule has 1 aliphatic rings. The Labute approximate surface area is 223 Å². The maximum absolute atomic E-state index is 13.8. The van der Waals surface area contributed by atoms with E-state index in [0.29, 0.717) is 48.1 Å². The summed E-state index contributed by atoms with van der Waals surface area (Å²) in [5.74, 6) is 0.619. The number of rotatable bonds is 6. The third-order valence-corrected chi connectivity index (χ3v) is 6.60. The summed E-state index contributed by atoms with van der Waals surface area (Å²) in [6.45, 7) is 0.914. The lowest BCUT2D eigenvalue weighted by Gasteiger charge is -2.29. The van der Waals surface area contributed by atoms with Crippen LogP contribution in [0.2, 0.25) is 5.02 Å². The van der Waals surface area contributed by atoms with Gasteiger partial charge < -0.3 is 20.3 Å². The first-order valence-corrected chi connectivity index (χ1v) is 12.4. The molecule has 10 heteroatoms. The number of carbonyl (C=O) groups excluding carboxylic acids is 1. The van der Waals surface area contributed by atoms with Gasteiger partial charge in [0.2, 0.25) is 5.95 Å². The van der Waals surface area contributed by atoms with E-state index in [-0.39, 0.29) is 17.1 Å². The molecular weight excluding hydrogens is 509 g/mol. The molecule has 0 unspecified atom stereocenters. The Morgan fingerprint density at radius 1 is 1.11 bits per heavy atom. The van der Waals surface area contributed by atoms with E-state index < -0.39 is 11.8 Å². The van der Waals surface area contributed by atoms with E-state index in [2.05, 4.69) is 10.6 Å². The van der Waals surface area contributed by atoms with Crippen LogP contribution in [0.4, 0.5) is 20.8 Å². The third kappa shape index (κ3) is 5.33. The van der Waals surface area contributed by atoms with Gasteiger partial charge in [0.25, 0.3) is 5.56 Å². The maximum atomic E-state index is 13.8. The van der Waals surface area contributed by atoms with E-state index in [1.54, 1.807) is 7.11 Å². The van der Waals surface area contributed by atoms with Gasteiger partial charge in [0.1, 0.15) is 11.6 Å². The lowest BCUT2D eigenvalue weighted by molar-refractivity contribution is 0.205. The molecule has 2 amide bonds. The summed E-state index contributed by atoms with van der Waals surface area (Å²) in [6, 6.07) is 20.4. The fraction of sp³-hybridized carbons (Fsp3) is 0.179. The zero-order valence-corrected chi connectivity index (χ0v) is 21.3. The zero-order chi connectivity index (χ0) is 26.6. The summed E-state index contributed by atoms with van der Waals surface area (Å²) in [5.41, 5.74) is 2.87. The summed E-state index contributed by atoms with van der Waals surface area (Å²) in [4.78, 5) is 33.1. The molecule has 0 radical (unpaired) electrons. The number of hydrogen-bond donors (Lipinski definition) is 2. The topological polar surface area (TPSA) is 88.5 Å². The van der Waals surface area contributed by atoms with E-state index in [4.69, 9.17) is 21.3 Å². The number of carbonyl (C=O) groups is 1. The van der Waals surface area contributed by atoms with Crippen LogP contribution in [0.3, 0.4) is 0 Å². The molecule has 0 atom stereocenters. The van der Waals surface area contributed by atoms with Crippen LogP contribution in [-0.4, -0.2) is 34.1 Å². The summed E-state index contributed by atoms with van der Waals surface area (Å²) >= 11 is 5.84. The molecule has 2 heterocycles. The van der Waals surface area contributed by atoms with Crippen LogP contribution in [0.15, 0.2) is 77.6 Å². The highest BCUT2D eigenvalue weighted by Gasteiger charge is 2.27. The van der Waals surface area contributed by atoms with E-state index >= 15 is 0 Å². The molecule has 0 spiro atoms. The number of halogens is 2. The predicted octanol–water partition coefficient (Wildman–Crippen LogP) is 5.24. The smallest absolute Gasteiger partial charge is 0.322 e. The maximum Gasteiger partial charge on any atom is 0.322 e. The van der Waals surface area contributed by atoms with Gasteiger partial charge in [-0.2, -0.15) is 0 Å². The second-order valence-corrected chi connectivity index (χ2v) is 9.18. The van der Waals surface area contributed by atoms with Crippen LogP contribution in [0.1, 0.15) is 16.8 Å². The van der Waals surface area contributed by atoms with Gasteiger partial charge in [-0.15, -0.1) is 0 Å². The lowest BCUT2D eigenvalue weighted by atomic mass is 10.1. The SMILES string of the molecule is COc1ccc(CNc2nc3c(c(=O)n2-c2ccccc2)CN(C(=O)Nc2ccc(F)c(Cl)c2)CC3)cc1. The molecule has 5 rings (SSSR count). The van der Waals surface area contributed by atoms with Crippen LogP contribution in [0.5, 0.6) is 5.75 Å². The van der Waals surface area contributed by atoms with Crippen molar-refractivity contribution in [1.82, 2.24) is 14.5 Å². The molecule has 2 N–H and O–H groups in total. The average Bonchev–Trinajstić information content (AvgIpc) is 2.94. The molecule has 1 aromatic heterocycles. The number of para-hydroxylation sites is 1. The molecule has 4 aromatic rings. The van der Waals surface area contributed by atoms with Crippen LogP contribution < -0.4 is 20.9 Å². The van der Waals surface area contributed by atoms with Gasteiger partial charge in [0, 0.05) is 25.2 Å². The fourth-order valence-corrected chi connectivity index (χ4v) is 4.47. The minimum Gasteiger partial charge on any atom is -0.497 e. The number of aromatic nitrogens is 2. The largest absolute Gasteiger partial charge is 0.497 e. The minimum absolute atomic E-state index is 0.0867. The summed E-state index contributed by atoms with van der Waals surface area (Å²) < 4.78 is 20.2. The fourth-order valence-electron chi connectivity index (χ4n) is 4.29. The zero-order valence-electron chi connectivity index (χ0n) is 20.6. The number of urea groups is 1. The van der Waals surface area contributed by atoms with Crippen LogP contribution in [-0.2, 0) is 19.5 Å². The van der Waals surface area contributed by atoms with Crippen molar-refractivity contribution in [3.8, 4) is 11.4 Å². The predicted molar refractivity (Wildman–Crippen MR) is 145 cm³/mol. The summed E-state index contributed by atoms with van der Waals surface area (Å²) in [5, 5.41) is 5.94. The standard InChI is InChI=1S/C28H25ClFN5O3/c1-38-21-10-7-18(8-11-21)16-31-27-33-25-13-14-34(28(37)32-19-9-12-24(30)23(29)15-19)17-22(25)26(36)35(27)20-5-3-2-4-6-20/h2-12,15H,13-14,16-17H2,1H3,(H,31,33)(H,32,37). The van der Waals surface area contributed by atoms with E-state index in [1.165, 1.54) is 27.7 Å². The van der Waals surface area contributed by atoms with Crippen LogP contribution >= 0.6 is 11.6 Å². The number of fused-ring (bicyclic) bond motifs is 1. The number of anilines is 2. The number of amides is 2. The first-order chi connectivity index (χ1) is 18.4. The second kappa shape index (κ2) is 10.9. The van der Waals surface area contributed by atoms with Gasteiger partial charge in [0.15, 0.2) is 0 Å². The average molecular weight is 534 g/mol. The Kier molecular flexibility index (Phi) is 7.28. The van der Waals surface area contributed by atoms with Crippen molar-refractivity contribution in [3.05, 3.63) is 111 Å². The van der Waals surface area contributed by atoms with Gasteiger partial charge >= 0.3 is 6.03 Å². The molecule has 194 valence electrons. The van der Waals surface area contributed by atoms with E-state index in [9.17, 15) is 14.0 Å². The quantitative estimate of drug-likeness (QED) is 0.354. The second-order valence-electron chi connectivity index (χ2n) is 8.77. The Bertz CT molecular complexity index is 1530. The van der Waals surface area contributed by atoms with Crippen LogP contribution in [0, 0.1) is 5.82 Å². The molecule has 0 aliphatic carbocycles. The minimum atomic E-state index is -0.569. The lowest BCUT2D eigenvalue weighted by Crippen LogP contribution is -2.43. The molecular formula is C28H25ClFN5O3. The first-order valence-electron chi connectivity index (χ1n) is 12.0. The third-order valence-electron chi connectivity index (χ3n) is 6.31. The van der Waals surface area contributed by atoms with E-state index in [1.807, 2.05) is 54.6 Å². The number of nitrogens with one attached hydrogen (secondary N) is 2. The Balaban J connectivity index is 1.42. The highest BCUT2D eigenvalue weighted by atomic mass is 35.5. The van der Waals surface area contributed by atoms with E-state index in [0.717, 1.165) is 11.3 Å². The van der Waals surface area contributed by atoms with Gasteiger partial charge in [-0.05, 0) is 48.0 Å². The molecule has 1 aliphatic heterocycles. The Morgan fingerprint density at radius 3 is 2.58 bits per heavy atom. The van der Waals surface area contributed by atoms with Crippen LogP contribution in [0.25, 0.3) is 5.69 Å². The summed E-state index contributed by atoms with van der Waals surface area (Å²) in [7, 11) is 1.62. The van der Waals surface area contributed by atoms with Crippen molar-refractivity contribution < 1.29 is 13.9 Å². The van der Waals surface area contributed by atoms with Crippen molar-refractivity contribution in [2.45, 2.75) is 19.5 Å². The van der Waals surface area contributed by atoms with Crippen molar-refractivity contribution in [2.24, 2.45) is 0 Å². The van der Waals surface area contributed by atoms with Crippen molar-refractivity contribution >= 4 is 29.3 Å². The molecule has 0 fully saturated rings. The Morgan fingerprint density at radius 2 is 1.87 bits per heavy atom. The molecule has 3 aromatic carbocycles. The van der Waals surface area contributed by atoms with Gasteiger partial charge in [-0.3, -0.25) is 4.79 Å². The monoisotopic (exact) mass is 533 g/mol. The molecule has 38 heavy (non-hydrogen) atoms. The highest BCUT2D eigenvalue weighted by Crippen LogP contribution is 2.23. The van der Waals surface area contributed by atoms with Gasteiger partial charge in [0.05, 0.1) is 35.6 Å². The molecule has 0 saturated heterocycles. The van der Waals surface area contributed by atoms with Crippen molar-refractivity contribution in [2.75, 3.05) is 24.3 Å². The number of ether oxygens (including phenoxy) is 1. The molecule has 0 saturated carbocycles. The highest BCUT2D eigenvalue weighted by molar-refractivity contribution is 6.31. The summed E-state index contributed by atoms with van der Waals surface area (Å²) in [6.07, 6.45) is 0.412. The molecule has 0 bridgehead atoms. The first kappa shape index (κ1) is 25.3. The van der Waals surface area contributed by atoms with Gasteiger partial charge in [-0.25, -0.2) is 18.7 Å². The Hall–Kier alpha value is -4.37. The number of hydrogen-bond acceptors (Lipinski definition) is 5. The van der Waals surface area contributed by atoms with Gasteiger partial charge in [-0.1, -0.05) is 41.9 Å². The number of nitrogens with zero attached hydrogens (tertiary/aromatic N) is 3. The van der Waals surface area contributed by atoms with Crippen molar-refractivity contribution in [1.29, 1.82) is 0 Å². The molecule has 8 nitrogen and oxygen atoms in total.